The van der Waals surface area contributed by atoms with Gasteiger partial charge in [0, 0.05) is 37.4 Å². The number of aliphatic hydroxyl groups is 1. The molecule has 2 saturated heterocycles. The molecule has 1 spiro atoms. The molecule has 138 valence electrons. The standard InChI is InChI=1S/C20H31N3O2/c24-20(4-2-1-3-5-20)15-23-9-6-19(7-10-23)8-11-25-18(19)12-17-13-21-16-22-14-17/h13-14,16,18,24H,1-12,15H2. The van der Waals surface area contributed by atoms with E-state index in [9.17, 15) is 5.11 Å². The van der Waals surface area contributed by atoms with E-state index in [-0.39, 0.29) is 0 Å². The summed E-state index contributed by atoms with van der Waals surface area (Å²) >= 11 is 0. The Morgan fingerprint density at radius 3 is 2.48 bits per heavy atom. The van der Waals surface area contributed by atoms with Gasteiger partial charge in [-0.25, -0.2) is 9.97 Å². The lowest BCUT2D eigenvalue weighted by molar-refractivity contribution is -0.0487. The van der Waals surface area contributed by atoms with Crippen LogP contribution in [-0.2, 0) is 11.2 Å². The van der Waals surface area contributed by atoms with E-state index >= 15 is 0 Å². The van der Waals surface area contributed by atoms with Crippen LogP contribution in [0, 0.1) is 5.41 Å². The molecule has 0 radical (unpaired) electrons. The first-order valence-electron chi connectivity index (χ1n) is 9.98. The average Bonchev–Trinajstić information content (AvgIpc) is 3.01. The van der Waals surface area contributed by atoms with Gasteiger partial charge >= 0.3 is 0 Å². The van der Waals surface area contributed by atoms with Gasteiger partial charge in [0.15, 0.2) is 0 Å². The van der Waals surface area contributed by atoms with E-state index < -0.39 is 5.60 Å². The Hall–Kier alpha value is -1.04. The molecule has 1 aromatic heterocycles. The van der Waals surface area contributed by atoms with Crippen molar-refractivity contribution >= 4 is 0 Å². The van der Waals surface area contributed by atoms with Gasteiger partial charge in [-0.15, -0.1) is 0 Å². The third kappa shape index (κ3) is 3.88. The van der Waals surface area contributed by atoms with Gasteiger partial charge < -0.3 is 14.7 Å². The third-order valence-electron chi connectivity index (χ3n) is 6.79. The second-order valence-corrected chi connectivity index (χ2v) is 8.48. The van der Waals surface area contributed by atoms with Crippen molar-refractivity contribution in [1.29, 1.82) is 0 Å². The lowest BCUT2D eigenvalue weighted by Crippen LogP contribution is -2.50. The van der Waals surface area contributed by atoms with Crippen LogP contribution in [0.25, 0.3) is 0 Å². The highest BCUT2D eigenvalue weighted by Gasteiger charge is 2.46. The molecule has 0 aromatic carbocycles. The summed E-state index contributed by atoms with van der Waals surface area (Å²) in [7, 11) is 0. The van der Waals surface area contributed by atoms with Crippen LogP contribution >= 0.6 is 0 Å². The summed E-state index contributed by atoms with van der Waals surface area (Å²) in [5.41, 5.74) is 1.05. The van der Waals surface area contributed by atoms with E-state index in [2.05, 4.69) is 14.9 Å². The van der Waals surface area contributed by atoms with Gasteiger partial charge in [-0.05, 0) is 50.8 Å². The number of hydrogen-bond acceptors (Lipinski definition) is 5. The first-order chi connectivity index (χ1) is 12.2. The maximum absolute atomic E-state index is 10.8. The minimum atomic E-state index is -0.435. The summed E-state index contributed by atoms with van der Waals surface area (Å²) in [5, 5.41) is 10.8. The van der Waals surface area contributed by atoms with Crippen LogP contribution in [0.5, 0.6) is 0 Å². The van der Waals surface area contributed by atoms with E-state index in [1.54, 1.807) is 6.33 Å². The summed E-state index contributed by atoms with van der Waals surface area (Å²) in [6, 6.07) is 0. The van der Waals surface area contributed by atoms with E-state index in [0.717, 1.165) is 45.5 Å². The Bertz CT molecular complexity index is 551. The minimum absolute atomic E-state index is 0.290. The fourth-order valence-corrected chi connectivity index (χ4v) is 5.18. The summed E-state index contributed by atoms with van der Waals surface area (Å²) in [6.45, 7) is 3.92. The molecule has 5 nitrogen and oxygen atoms in total. The summed E-state index contributed by atoms with van der Waals surface area (Å²) in [4.78, 5) is 10.8. The zero-order valence-electron chi connectivity index (χ0n) is 15.2. The predicted molar refractivity (Wildman–Crippen MR) is 96.2 cm³/mol. The molecule has 3 aliphatic rings. The fourth-order valence-electron chi connectivity index (χ4n) is 5.18. The SMILES string of the molecule is OC1(CN2CCC3(CCOC3Cc3cncnc3)CC2)CCCCC1. The first-order valence-corrected chi connectivity index (χ1v) is 9.98. The van der Waals surface area contributed by atoms with Gasteiger partial charge in [-0.1, -0.05) is 19.3 Å². The number of piperidine rings is 1. The van der Waals surface area contributed by atoms with Crippen molar-refractivity contribution in [3.8, 4) is 0 Å². The zero-order chi connectivity index (χ0) is 17.2. The second-order valence-electron chi connectivity index (χ2n) is 8.48. The van der Waals surface area contributed by atoms with Crippen molar-refractivity contribution in [2.45, 2.75) is 69.5 Å². The Labute approximate surface area is 150 Å². The largest absolute Gasteiger partial charge is 0.389 e. The number of aromatic nitrogens is 2. The first kappa shape index (κ1) is 17.4. The highest BCUT2D eigenvalue weighted by molar-refractivity contribution is 5.08. The third-order valence-corrected chi connectivity index (χ3v) is 6.79. The normalized spacial score (nSPS) is 29.1. The highest BCUT2D eigenvalue weighted by atomic mass is 16.5. The van der Waals surface area contributed by atoms with E-state index in [1.165, 1.54) is 44.1 Å². The number of likely N-dealkylation sites (tertiary alicyclic amines) is 1. The number of hydrogen-bond donors (Lipinski definition) is 1. The quantitative estimate of drug-likeness (QED) is 0.909. The molecule has 0 amide bonds. The fraction of sp³-hybridized carbons (Fsp3) is 0.800. The molecule has 0 bridgehead atoms. The van der Waals surface area contributed by atoms with E-state index in [4.69, 9.17) is 4.74 Å². The Morgan fingerprint density at radius 1 is 1.04 bits per heavy atom. The Kier molecular flexibility index (Phi) is 5.07. The molecule has 5 heteroatoms. The molecule has 3 fully saturated rings. The minimum Gasteiger partial charge on any atom is -0.389 e. The van der Waals surface area contributed by atoms with Crippen LogP contribution in [0.2, 0.25) is 0 Å². The summed E-state index contributed by atoms with van der Waals surface area (Å²) in [5.74, 6) is 0. The van der Waals surface area contributed by atoms with Crippen molar-refractivity contribution in [3.05, 3.63) is 24.3 Å². The molecule has 1 aliphatic carbocycles. The molecule has 2 aliphatic heterocycles. The monoisotopic (exact) mass is 345 g/mol. The molecule has 25 heavy (non-hydrogen) atoms. The zero-order valence-corrected chi connectivity index (χ0v) is 15.2. The second kappa shape index (κ2) is 7.29. The van der Waals surface area contributed by atoms with E-state index in [0.29, 0.717) is 11.5 Å². The molecule has 1 unspecified atom stereocenters. The Morgan fingerprint density at radius 2 is 1.76 bits per heavy atom. The molecule has 3 heterocycles. The van der Waals surface area contributed by atoms with Gasteiger partial charge in [0.1, 0.15) is 6.33 Å². The summed E-state index contributed by atoms with van der Waals surface area (Å²) < 4.78 is 6.13. The van der Waals surface area contributed by atoms with Gasteiger partial charge in [0.05, 0.1) is 11.7 Å². The molecular formula is C20H31N3O2. The van der Waals surface area contributed by atoms with Gasteiger partial charge in [0.25, 0.3) is 0 Å². The average molecular weight is 345 g/mol. The van der Waals surface area contributed by atoms with Crippen molar-refractivity contribution in [2.75, 3.05) is 26.2 Å². The van der Waals surface area contributed by atoms with Crippen LogP contribution in [0.15, 0.2) is 18.7 Å². The van der Waals surface area contributed by atoms with Crippen LogP contribution in [0.1, 0.15) is 56.9 Å². The lowest BCUT2D eigenvalue weighted by Gasteiger charge is -2.45. The van der Waals surface area contributed by atoms with Crippen molar-refractivity contribution in [3.63, 3.8) is 0 Å². The number of ether oxygens (including phenoxy) is 1. The van der Waals surface area contributed by atoms with Gasteiger partial charge in [0.2, 0.25) is 0 Å². The molecule has 1 saturated carbocycles. The summed E-state index contributed by atoms with van der Waals surface area (Å²) in [6.07, 6.45) is 15.8. The van der Waals surface area contributed by atoms with Gasteiger partial charge in [-0.2, -0.15) is 0 Å². The maximum atomic E-state index is 10.8. The lowest BCUT2D eigenvalue weighted by atomic mass is 9.71. The molecule has 1 atom stereocenters. The number of rotatable bonds is 4. The predicted octanol–water partition coefficient (Wildman–Crippen LogP) is 2.59. The van der Waals surface area contributed by atoms with Gasteiger partial charge in [-0.3, -0.25) is 0 Å². The molecule has 1 N–H and O–H groups in total. The molecule has 1 aromatic rings. The maximum Gasteiger partial charge on any atom is 0.115 e. The van der Waals surface area contributed by atoms with Crippen LogP contribution in [0.4, 0.5) is 0 Å². The van der Waals surface area contributed by atoms with Crippen molar-refractivity contribution in [1.82, 2.24) is 14.9 Å². The van der Waals surface area contributed by atoms with Crippen molar-refractivity contribution in [2.24, 2.45) is 5.41 Å². The smallest absolute Gasteiger partial charge is 0.115 e. The number of nitrogens with zero attached hydrogens (tertiary/aromatic N) is 3. The van der Waals surface area contributed by atoms with E-state index in [1.807, 2.05) is 12.4 Å². The number of β-amino-alcohol motifs (C(OH)–C–C–N with tert-alkyl or cyclic N) is 1. The molecule has 4 rings (SSSR count). The van der Waals surface area contributed by atoms with Crippen molar-refractivity contribution < 1.29 is 9.84 Å². The topological polar surface area (TPSA) is 58.5 Å². The van der Waals surface area contributed by atoms with Crippen LogP contribution in [-0.4, -0.2) is 57.9 Å². The van der Waals surface area contributed by atoms with Crippen LogP contribution in [0.3, 0.4) is 0 Å². The highest BCUT2D eigenvalue weighted by Crippen LogP contribution is 2.45. The Balaban J connectivity index is 1.35. The molecular weight excluding hydrogens is 314 g/mol. The van der Waals surface area contributed by atoms with Crippen LogP contribution < -0.4 is 0 Å².